The van der Waals surface area contributed by atoms with Crippen LogP contribution in [-0.4, -0.2) is 86.4 Å². The van der Waals surface area contributed by atoms with Crippen molar-refractivity contribution in [1.82, 2.24) is 14.9 Å². The fourth-order valence-corrected chi connectivity index (χ4v) is 4.42. The molecular formula is C25H34F2N4O7. The molecule has 3 rings (SSSR count). The predicted molar refractivity (Wildman–Crippen MR) is 130 cm³/mol. The van der Waals surface area contributed by atoms with E-state index < -0.39 is 66.2 Å². The lowest BCUT2D eigenvalue weighted by Crippen LogP contribution is -2.52. The largest absolute Gasteiger partial charge is 0.479 e. The molecule has 210 valence electrons. The molecule has 13 heteroatoms. The number of H-pyrrole nitrogens is 1. The van der Waals surface area contributed by atoms with Gasteiger partial charge in [-0.05, 0) is 36.6 Å². The Bertz CT molecular complexity index is 1120. The average molecular weight is 541 g/mol. The molecule has 1 unspecified atom stereocenters. The molecule has 0 radical (unpaired) electrons. The maximum absolute atomic E-state index is 14.4. The third-order valence-corrected chi connectivity index (χ3v) is 6.17. The number of imidazole rings is 1. The topological polar surface area (TPSA) is 171 Å². The van der Waals surface area contributed by atoms with E-state index >= 15 is 0 Å². The number of nitrogens with zero attached hydrogens (tertiary/aromatic N) is 2. The molecule has 2 heterocycles. The first-order valence-corrected chi connectivity index (χ1v) is 12.2. The molecule has 1 saturated heterocycles. The van der Waals surface area contributed by atoms with E-state index in [0.717, 1.165) is 18.2 Å². The number of amides is 1. The highest BCUT2D eigenvalue weighted by molar-refractivity contribution is 5.78. The number of carbonyl (C=O) groups excluding carboxylic acids is 1. The number of ether oxygens (including phenoxy) is 2. The number of aliphatic carboxylic acids is 1. The molecule has 1 aliphatic rings. The Labute approximate surface area is 218 Å². The summed E-state index contributed by atoms with van der Waals surface area (Å²) in [6.07, 6.45) is -4.35. The van der Waals surface area contributed by atoms with Crippen molar-refractivity contribution in [3.8, 4) is 11.3 Å². The Morgan fingerprint density at radius 2 is 2.00 bits per heavy atom. The first kappa shape index (κ1) is 29.6. The summed E-state index contributed by atoms with van der Waals surface area (Å²) in [5.74, 6) is -2.89. The summed E-state index contributed by atoms with van der Waals surface area (Å²) in [5, 5.41) is 29.2. The Morgan fingerprint density at radius 3 is 2.63 bits per heavy atom. The minimum atomic E-state index is -1.61. The zero-order valence-electron chi connectivity index (χ0n) is 21.4. The lowest BCUT2D eigenvalue weighted by Gasteiger charge is -2.40. The highest BCUT2D eigenvalue weighted by Gasteiger charge is 2.42. The van der Waals surface area contributed by atoms with Crippen molar-refractivity contribution in [3.63, 3.8) is 0 Å². The number of halogens is 2. The normalized spacial score (nSPS) is 22.7. The predicted octanol–water partition coefficient (Wildman–Crippen LogP) is 1.56. The zero-order chi connectivity index (χ0) is 28.2. The first-order valence-electron chi connectivity index (χ1n) is 12.2. The second-order valence-corrected chi connectivity index (χ2v) is 10.2. The van der Waals surface area contributed by atoms with Crippen LogP contribution in [0.1, 0.15) is 45.5 Å². The summed E-state index contributed by atoms with van der Waals surface area (Å²) in [7, 11) is 0. The number of aliphatic hydroxyl groups is 2. The van der Waals surface area contributed by atoms with Gasteiger partial charge in [-0.15, -0.1) is 0 Å². The number of aliphatic hydroxyl groups excluding tert-OH is 2. The number of carboxylic acids is 1. The summed E-state index contributed by atoms with van der Waals surface area (Å²) in [5.41, 5.74) is 5.31. The van der Waals surface area contributed by atoms with Crippen LogP contribution < -0.4 is 5.73 Å². The molecule has 38 heavy (non-hydrogen) atoms. The number of nitrogens with one attached hydrogen (secondary N) is 1. The van der Waals surface area contributed by atoms with Gasteiger partial charge in [-0.3, -0.25) is 4.79 Å². The Kier molecular flexibility index (Phi) is 9.54. The van der Waals surface area contributed by atoms with Crippen LogP contribution in [0.15, 0.2) is 24.4 Å². The van der Waals surface area contributed by atoms with Crippen LogP contribution in [0.4, 0.5) is 8.78 Å². The van der Waals surface area contributed by atoms with E-state index in [1.54, 1.807) is 0 Å². The van der Waals surface area contributed by atoms with Gasteiger partial charge in [0.2, 0.25) is 5.91 Å². The Morgan fingerprint density at radius 1 is 1.29 bits per heavy atom. The third kappa shape index (κ3) is 6.91. The van der Waals surface area contributed by atoms with E-state index in [2.05, 4.69) is 9.97 Å². The van der Waals surface area contributed by atoms with Crippen molar-refractivity contribution in [3.05, 3.63) is 41.9 Å². The average Bonchev–Trinajstić information content (AvgIpc) is 3.30. The van der Waals surface area contributed by atoms with Crippen molar-refractivity contribution in [2.75, 3.05) is 19.7 Å². The lowest BCUT2D eigenvalue weighted by molar-refractivity contribution is -0.263. The quantitative estimate of drug-likeness (QED) is 0.300. The van der Waals surface area contributed by atoms with Crippen LogP contribution in [0.25, 0.3) is 11.3 Å². The highest BCUT2D eigenvalue weighted by atomic mass is 19.1. The van der Waals surface area contributed by atoms with Gasteiger partial charge in [-0.1, -0.05) is 20.8 Å². The fraction of sp³-hybridized carbons (Fsp3) is 0.560. The summed E-state index contributed by atoms with van der Waals surface area (Å²) in [6, 6.07) is 2.38. The number of nitrogens with two attached hydrogens (primary N) is 1. The van der Waals surface area contributed by atoms with Crippen LogP contribution in [0.5, 0.6) is 0 Å². The Balaban J connectivity index is 1.85. The number of aromatic nitrogens is 2. The standard InChI is InChI=1S/C25H34F2N4O7/c1-25(2,3)21(22-29-11-16(30-22)14-9-13(26)5-6-15(14)27)31(8-4-7-28)19(34)12-37-24-18(33)10-17(32)20(38-24)23(35)36/h5-6,9,11,17-18,20-21,24,32-33H,4,7-8,10,12,28H2,1-3H3,(H,29,30)(H,35,36)/t17-,18+,20-,21-,24?/m0/s1. The fourth-order valence-electron chi connectivity index (χ4n) is 4.42. The van der Waals surface area contributed by atoms with Crippen LogP contribution in [0, 0.1) is 17.0 Å². The molecule has 2 aromatic rings. The molecule has 0 aliphatic carbocycles. The molecule has 5 atom stereocenters. The second-order valence-electron chi connectivity index (χ2n) is 10.2. The summed E-state index contributed by atoms with van der Waals surface area (Å²) < 4.78 is 38.8. The number of carboxylic acid groups (broad SMARTS) is 1. The minimum absolute atomic E-state index is 0.0156. The Hall–Kier alpha value is -2.97. The van der Waals surface area contributed by atoms with Gasteiger partial charge in [0.15, 0.2) is 12.4 Å². The maximum Gasteiger partial charge on any atom is 0.335 e. The molecular weight excluding hydrogens is 506 g/mol. The van der Waals surface area contributed by atoms with Crippen molar-refractivity contribution in [2.45, 2.75) is 64.3 Å². The summed E-state index contributed by atoms with van der Waals surface area (Å²) >= 11 is 0. The number of carbonyl (C=O) groups is 2. The maximum atomic E-state index is 14.4. The van der Waals surface area contributed by atoms with Gasteiger partial charge in [-0.25, -0.2) is 18.6 Å². The molecule has 0 spiro atoms. The number of aromatic amines is 1. The monoisotopic (exact) mass is 540 g/mol. The number of hydrogen-bond donors (Lipinski definition) is 5. The van der Waals surface area contributed by atoms with Gasteiger partial charge in [-0.2, -0.15) is 0 Å². The van der Waals surface area contributed by atoms with E-state index in [0.29, 0.717) is 12.2 Å². The number of rotatable bonds is 10. The molecule has 1 aromatic carbocycles. The second kappa shape index (κ2) is 12.3. The number of benzene rings is 1. The van der Waals surface area contributed by atoms with Gasteiger partial charge in [0.25, 0.3) is 0 Å². The van der Waals surface area contributed by atoms with Crippen LogP contribution in [-0.2, 0) is 19.1 Å². The molecule has 1 amide bonds. The smallest absolute Gasteiger partial charge is 0.335 e. The first-order chi connectivity index (χ1) is 17.8. The van der Waals surface area contributed by atoms with Crippen molar-refractivity contribution >= 4 is 11.9 Å². The SMILES string of the molecule is CC(C)(C)[C@H](c1ncc(-c2cc(F)ccc2F)[nH]1)N(CCCN)C(=O)COC1O[C@H](C(=O)O)[C@@H](O)C[C@H]1O. The third-order valence-electron chi connectivity index (χ3n) is 6.17. The molecule has 1 fully saturated rings. The van der Waals surface area contributed by atoms with E-state index in [1.165, 1.54) is 11.1 Å². The molecule has 0 bridgehead atoms. The summed E-state index contributed by atoms with van der Waals surface area (Å²) in [6.45, 7) is 5.53. The van der Waals surface area contributed by atoms with E-state index in [-0.39, 0.29) is 30.8 Å². The van der Waals surface area contributed by atoms with Gasteiger partial charge in [0.1, 0.15) is 30.2 Å². The molecule has 1 aromatic heterocycles. The summed E-state index contributed by atoms with van der Waals surface area (Å²) in [4.78, 5) is 33.6. The van der Waals surface area contributed by atoms with E-state index in [4.69, 9.17) is 15.2 Å². The van der Waals surface area contributed by atoms with Gasteiger partial charge >= 0.3 is 5.97 Å². The van der Waals surface area contributed by atoms with Crippen molar-refractivity contribution in [2.24, 2.45) is 11.1 Å². The number of hydrogen-bond acceptors (Lipinski definition) is 8. The van der Waals surface area contributed by atoms with Crippen LogP contribution in [0.3, 0.4) is 0 Å². The van der Waals surface area contributed by atoms with Crippen molar-refractivity contribution in [1.29, 1.82) is 0 Å². The van der Waals surface area contributed by atoms with Crippen molar-refractivity contribution < 1.29 is 43.2 Å². The van der Waals surface area contributed by atoms with E-state index in [9.17, 15) is 33.7 Å². The zero-order valence-corrected chi connectivity index (χ0v) is 21.4. The molecule has 6 N–H and O–H groups in total. The van der Waals surface area contributed by atoms with Crippen LogP contribution >= 0.6 is 0 Å². The molecule has 0 saturated carbocycles. The highest BCUT2D eigenvalue weighted by Crippen LogP contribution is 2.38. The van der Waals surface area contributed by atoms with Crippen LogP contribution in [0.2, 0.25) is 0 Å². The van der Waals surface area contributed by atoms with Gasteiger partial charge in [0.05, 0.1) is 24.0 Å². The minimum Gasteiger partial charge on any atom is -0.479 e. The van der Waals surface area contributed by atoms with Gasteiger partial charge < -0.3 is 40.4 Å². The van der Waals surface area contributed by atoms with E-state index in [1.807, 2.05) is 20.8 Å². The molecule has 11 nitrogen and oxygen atoms in total. The molecule has 1 aliphatic heterocycles. The lowest BCUT2D eigenvalue weighted by atomic mass is 9.84. The van der Waals surface area contributed by atoms with Gasteiger partial charge in [0, 0.05) is 18.5 Å².